The summed E-state index contributed by atoms with van der Waals surface area (Å²) in [4.78, 5) is 34.0. The van der Waals surface area contributed by atoms with Gasteiger partial charge in [0.1, 0.15) is 6.61 Å². The molecule has 2 unspecified atom stereocenters. The van der Waals surface area contributed by atoms with E-state index in [0.717, 1.165) is 64.9 Å². The molecule has 0 saturated carbocycles. The molecule has 0 fully saturated rings. The van der Waals surface area contributed by atoms with Gasteiger partial charge in [-0.2, -0.15) is 0 Å². The summed E-state index contributed by atoms with van der Waals surface area (Å²) >= 11 is 0. The van der Waals surface area contributed by atoms with Crippen LogP contribution in [-0.4, -0.2) is 43.3 Å². The zero-order chi connectivity index (χ0) is 29.0. The van der Waals surface area contributed by atoms with Gasteiger partial charge in [0.2, 0.25) is 0 Å². The summed E-state index contributed by atoms with van der Waals surface area (Å²) < 4.78 is 31.6. The maximum Gasteiger partial charge on any atom is 0.472 e. The van der Waals surface area contributed by atoms with Gasteiger partial charge in [0.15, 0.2) is 6.10 Å². The van der Waals surface area contributed by atoms with Crippen LogP contribution in [0.4, 0.5) is 0 Å². The highest BCUT2D eigenvalue weighted by atomic mass is 31.2. The predicted octanol–water partition coefficient (Wildman–Crippen LogP) is 8.60. The highest BCUT2D eigenvalue weighted by Gasteiger charge is 2.24. The Balaban J connectivity index is 4.18. The average Bonchev–Trinajstić information content (AvgIpc) is 2.92. The fourth-order valence-electron chi connectivity index (χ4n) is 4.05. The van der Waals surface area contributed by atoms with Crippen molar-refractivity contribution < 1.29 is 37.6 Å². The van der Waals surface area contributed by atoms with Gasteiger partial charge in [-0.3, -0.25) is 18.6 Å². The Bertz CT molecular complexity index is 667. The van der Waals surface area contributed by atoms with Gasteiger partial charge in [0.25, 0.3) is 0 Å². The summed E-state index contributed by atoms with van der Waals surface area (Å²) in [6.45, 7) is 3.78. The number of phosphoric ester groups is 1. The maximum absolute atomic E-state index is 12.3. The van der Waals surface area contributed by atoms with Crippen molar-refractivity contribution in [1.82, 2.24) is 0 Å². The molecular formula is C30H57O8P. The highest BCUT2D eigenvalue weighted by Crippen LogP contribution is 2.42. The topological polar surface area (TPSA) is 108 Å². The van der Waals surface area contributed by atoms with Crippen LogP contribution in [0.15, 0.2) is 12.2 Å². The fraction of sp³-hybridized carbons (Fsp3) is 0.867. The maximum atomic E-state index is 12.3. The smallest absolute Gasteiger partial charge is 0.462 e. The molecule has 8 nitrogen and oxygen atoms in total. The number of allylic oxidation sites excluding steroid dienone is 2. The number of carbonyl (C=O) groups excluding carboxylic acids is 2. The fourth-order valence-corrected chi connectivity index (χ4v) is 4.51. The van der Waals surface area contributed by atoms with Crippen LogP contribution < -0.4 is 0 Å². The number of hydrogen-bond donors (Lipinski definition) is 1. The minimum atomic E-state index is -4.24. The molecule has 2 atom stereocenters. The van der Waals surface area contributed by atoms with Crippen molar-refractivity contribution >= 4 is 19.8 Å². The van der Waals surface area contributed by atoms with E-state index in [1.54, 1.807) is 0 Å². The minimum absolute atomic E-state index is 0.225. The van der Waals surface area contributed by atoms with Crippen LogP contribution in [-0.2, 0) is 32.7 Å². The molecule has 9 heteroatoms. The van der Waals surface area contributed by atoms with E-state index >= 15 is 0 Å². The van der Waals surface area contributed by atoms with Crippen molar-refractivity contribution in [3.8, 4) is 0 Å². The van der Waals surface area contributed by atoms with Crippen LogP contribution in [0.1, 0.15) is 142 Å². The van der Waals surface area contributed by atoms with Gasteiger partial charge in [-0.15, -0.1) is 0 Å². The molecule has 0 aromatic heterocycles. The Kier molecular flexibility index (Phi) is 26.1. The van der Waals surface area contributed by atoms with Crippen molar-refractivity contribution in [3.63, 3.8) is 0 Å². The molecule has 39 heavy (non-hydrogen) atoms. The molecule has 0 aromatic rings. The minimum Gasteiger partial charge on any atom is -0.462 e. The molecule has 0 saturated heterocycles. The lowest BCUT2D eigenvalue weighted by molar-refractivity contribution is -0.161. The van der Waals surface area contributed by atoms with E-state index < -0.39 is 26.5 Å². The third-order valence-corrected chi connectivity index (χ3v) is 7.45. The second-order valence-corrected chi connectivity index (χ2v) is 11.8. The van der Waals surface area contributed by atoms with Crippen molar-refractivity contribution in [2.24, 2.45) is 0 Å². The lowest BCUT2D eigenvalue weighted by Gasteiger charge is -2.19. The van der Waals surface area contributed by atoms with Gasteiger partial charge < -0.3 is 14.4 Å². The Labute approximate surface area is 238 Å². The molecule has 0 bridgehead atoms. The van der Waals surface area contributed by atoms with Crippen molar-refractivity contribution in [1.29, 1.82) is 0 Å². The third kappa shape index (κ3) is 26.8. The van der Waals surface area contributed by atoms with Crippen LogP contribution in [0.2, 0.25) is 0 Å². The normalized spacial score (nSPS) is 13.8. The van der Waals surface area contributed by atoms with Gasteiger partial charge in [0, 0.05) is 20.0 Å². The van der Waals surface area contributed by atoms with Crippen LogP contribution in [0, 0.1) is 0 Å². The third-order valence-electron chi connectivity index (χ3n) is 6.51. The lowest BCUT2D eigenvalue weighted by Crippen LogP contribution is -2.29. The second kappa shape index (κ2) is 27.0. The molecule has 230 valence electrons. The van der Waals surface area contributed by atoms with Crippen LogP contribution in [0.25, 0.3) is 0 Å². The molecule has 0 aliphatic rings. The number of carbonyl (C=O) groups is 2. The van der Waals surface area contributed by atoms with E-state index in [0.29, 0.717) is 12.8 Å². The molecule has 0 amide bonds. The molecule has 0 heterocycles. The number of hydrogen-bond acceptors (Lipinski definition) is 7. The van der Waals surface area contributed by atoms with E-state index in [-0.39, 0.29) is 19.0 Å². The molecule has 0 aliphatic carbocycles. The molecule has 0 rings (SSSR count). The zero-order valence-electron chi connectivity index (χ0n) is 25.0. The number of ether oxygens (including phenoxy) is 2. The molecule has 0 aromatic carbocycles. The Morgan fingerprint density at radius 3 is 1.74 bits per heavy atom. The van der Waals surface area contributed by atoms with Crippen molar-refractivity contribution in [2.75, 3.05) is 20.3 Å². The Hall–Kier alpha value is -1.21. The summed E-state index contributed by atoms with van der Waals surface area (Å²) in [6.07, 6.45) is 24.1. The summed E-state index contributed by atoms with van der Waals surface area (Å²) in [7, 11) is -3.19. The van der Waals surface area contributed by atoms with Crippen molar-refractivity contribution in [3.05, 3.63) is 12.2 Å². The lowest BCUT2D eigenvalue weighted by atomic mass is 10.1. The largest absolute Gasteiger partial charge is 0.472 e. The van der Waals surface area contributed by atoms with E-state index in [1.807, 2.05) is 0 Å². The quantitative estimate of drug-likeness (QED) is 0.0427. The van der Waals surface area contributed by atoms with Gasteiger partial charge in [-0.1, -0.05) is 109 Å². The number of unbranched alkanes of at least 4 members (excludes halogenated alkanes) is 15. The monoisotopic (exact) mass is 576 g/mol. The highest BCUT2D eigenvalue weighted by molar-refractivity contribution is 7.47. The average molecular weight is 577 g/mol. The number of phosphoric acid groups is 1. The summed E-state index contributed by atoms with van der Waals surface area (Å²) in [5.74, 6) is -0.819. The van der Waals surface area contributed by atoms with Gasteiger partial charge >= 0.3 is 19.8 Å². The Morgan fingerprint density at radius 2 is 1.18 bits per heavy atom. The van der Waals surface area contributed by atoms with E-state index in [1.165, 1.54) is 51.4 Å². The first-order valence-corrected chi connectivity index (χ1v) is 16.9. The predicted molar refractivity (Wildman–Crippen MR) is 156 cm³/mol. The molecule has 0 aliphatic heterocycles. The molecular weight excluding hydrogens is 519 g/mol. The summed E-state index contributed by atoms with van der Waals surface area (Å²) in [6, 6.07) is 0. The summed E-state index contributed by atoms with van der Waals surface area (Å²) in [5, 5.41) is 0. The Morgan fingerprint density at radius 1 is 0.692 bits per heavy atom. The van der Waals surface area contributed by atoms with Crippen LogP contribution in [0.3, 0.4) is 0 Å². The molecule has 0 radical (unpaired) electrons. The van der Waals surface area contributed by atoms with Gasteiger partial charge in [-0.05, 0) is 32.1 Å². The first-order chi connectivity index (χ1) is 18.8. The van der Waals surface area contributed by atoms with Crippen molar-refractivity contribution in [2.45, 2.75) is 148 Å². The number of esters is 2. The van der Waals surface area contributed by atoms with Gasteiger partial charge in [0.05, 0.1) is 6.61 Å². The SMILES string of the molecule is CCCC/C=C\CCCCCCCC(=O)OC(COC(=O)CCCCCCCCCCC)COP(=O)(O)OC. The summed E-state index contributed by atoms with van der Waals surface area (Å²) in [5.41, 5.74) is 0. The van der Waals surface area contributed by atoms with Crippen LogP contribution in [0.5, 0.6) is 0 Å². The first-order valence-electron chi connectivity index (χ1n) is 15.4. The van der Waals surface area contributed by atoms with E-state index in [4.69, 9.17) is 14.0 Å². The second-order valence-electron chi connectivity index (χ2n) is 10.2. The molecule has 1 N–H and O–H groups in total. The number of rotatable bonds is 28. The zero-order valence-corrected chi connectivity index (χ0v) is 25.9. The van der Waals surface area contributed by atoms with E-state index in [2.05, 4.69) is 30.5 Å². The molecule has 0 spiro atoms. The van der Waals surface area contributed by atoms with Gasteiger partial charge in [-0.25, -0.2) is 4.57 Å². The first kappa shape index (κ1) is 37.8. The van der Waals surface area contributed by atoms with Crippen LogP contribution >= 0.6 is 7.82 Å². The standard InChI is InChI=1S/C30H57O8P/c1-4-6-8-10-12-14-15-17-19-21-23-25-30(32)38-28(27-37-39(33,34)35-3)26-36-29(31)24-22-20-18-16-13-11-9-7-5-2/h10,12,28H,4-9,11,13-27H2,1-3H3,(H,33,34)/b12-10-. The van der Waals surface area contributed by atoms with E-state index in [9.17, 15) is 19.0 Å².